The van der Waals surface area contributed by atoms with E-state index in [2.05, 4.69) is 11.8 Å². The van der Waals surface area contributed by atoms with E-state index in [1.165, 1.54) is 12.8 Å². The number of carbonyl (C=O) groups excluding carboxylic acids is 1. The quantitative estimate of drug-likeness (QED) is 0.708. The highest BCUT2D eigenvalue weighted by Crippen LogP contribution is 2.26. The molecule has 0 bridgehead atoms. The summed E-state index contributed by atoms with van der Waals surface area (Å²) in [5.41, 5.74) is 0. The zero-order chi connectivity index (χ0) is 10.7. The van der Waals surface area contributed by atoms with Crippen LogP contribution < -0.4 is 0 Å². The van der Waals surface area contributed by atoms with Crippen LogP contribution in [0.1, 0.15) is 32.6 Å². The van der Waals surface area contributed by atoms with Gasteiger partial charge in [0.05, 0.1) is 19.8 Å². The fraction of sp³-hybridized carbons (Fsp3) is 0.917. The van der Waals surface area contributed by atoms with Crippen LogP contribution in [0.3, 0.4) is 0 Å². The van der Waals surface area contributed by atoms with Gasteiger partial charge in [0.15, 0.2) is 0 Å². The number of hydrogen-bond acceptors (Lipinski definition) is 3. The highest BCUT2D eigenvalue weighted by Gasteiger charge is 2.27. The number of ether oxygens (including phenoxy) is 1. The summed E-state index contributed by atoms with van der Waals surface area (Å²) >= 11 is 0. The first-order valence-electron chi connectivity index (χ1n) is 6.12. The molecule has 86 valence electrons. The molecule has 0 aromatic rings. The van der Waals surface area contributed by atoms with Gasteiger partial charge in [-0.1, -0.05) is 12.8 Å². The lowest BCUT2D eigenvalue weighted by atomic mass is 10.0. The van der Waals surface area contributed by atoms with Gasteiger partial charge >= 0.3 is 0 Å². The maximum absolute atomic E-state index is 12.0. The maximum atomic E-state index is 12.0. The summed E-state index contributed by atoms with van der Waals surface area (Å²) in [6, 6.07) is 0.407. The van der Waals surface area contributed by atoms with Crippen LogP contribution in [-0.4, -0.2) is 43.0 Å². The van der Waals surface area contributed by atoms with Gasteiger partial charge in [-0.3, -0.25) is 9.69 Å². The van der Waals surface area contributed by atoms with Gasteiger partial charge < -0.3 is 4.74 Å². The van der Waals surface area contributed by atoms with Crippen molar-refractivity contribution in [1.82, 2.24) is 4.90 Å². The molecule has 2 aliphatic rings. The lowest BCUT2D eigenvalue weighted by Gasteiger charge is -2.33. The smallest absolute Gasteiger partial charge is 0.149 e. The zero-order valence-electron chi connectivity index (χ0n) is 9.58. The third-order valence-corrected chi connectivity index (χ3v) is 3.67. The van der Waals surface area contributed by atoms with Gasteiger partial charge in [-0.15, -0.1) is 0 Å². The summed E-state index contributed by atoms with van der Waals surface area (Å²) in [7, 11) is 0. The average Bonchev–Trinajstić information content (AvgIpc) is 2.74. The molecule has 0 radical (unpaired) electrons. The van der Waals surface area contributed by atoms with Crippen molar-refractivity contribution in [1.29, 1.82) is 0 Å². The molecule has 1 atom stereocenters. The fourth-order valence-electron chi connectivity index (χ4n) is 2.57. The summed E-state index contributed by atoms with van der Waals surface area (Å²) < 4.78 is 5.37. The van der Waals surface area contributed by atoms with Gasteiger partial charge in [-0.25, -0.2) is 0 Å². The van der Waals surface area contributed by atoms with Crippen LogP contribution in [0.5, 0.6) is 0 Å². The van der Waals surface area contributed by atoms with Crippen molar-refractivity contribution < 1.29 is 9.53 Å². The second-order valence-corrected chi connectivity index (χ2v) is 4.84. The Morgan fingerprint density at radius 1 is 1.40 bits per heavy atom. The minimum Gasteiger partial charge on any atom is -0.379 e. The van der Waals surface area contributed by atoms with Crippen LogP contribution in [0, 0.1) is 5.92 Å². The largest absolute Gasteiger partial charge is 0.379 e. The molecule has 2 fully saturated rings. The second kappa shape index (κ2) is 5.08. The Morgan fingerprint density at radius 3 is 2.80 bits per heavy atom. The van der Waals surface area contributed by atoms with Crippen LogP contribution in [0.4, 0.5) is 0 Å². The fourth-order valence-corrected chi connectivity index (χ4v) is 2.57. The number of nitrogens with zero attached hydrogens (tertiary/aromatic N) is 1. The summed E-state index contributed by atoms with van der Waals surface area (Å²) in [5, 5.41) is 0. The Hall–Kier alpha value is -0.410. The third kappa shape index (κ3) is 2.79. The van der Waals surface area contributed by atoms with E-state index >= 15 is 0 Å². The molecule has 0 amide bonds. The van der Waals surface area contributed by atoms with Gasteiger partial charge in [0.1, 0.15) is 5.78 Å². The topological polar surface area (TPSA) is 29.5 Å². The number of morpholine rings is 1. The van der Waals surface area contributed by atoms with Crippen molar-refractivity contribution in [3.63, 3.8) is 0 Å². The molecule has 1 aliphatic heterocycles. The predicted molar refractivity (Wildman–Crippen MR) is 58.8 cm³/mol. The van der Waals surface area contributed by atoms with Gasteiger partial charge in [0.2, 0.25) is 0 Å². The molecule has 1 aliphatic carbocycles. The molecule has 0 aromatic heterocycles. The Balaban J connectivity index is 1.81. The lowest BCUT2D eigenvalue weighted by Crippen LogP contribution is -2.46. The highest BCUT2D eigenvalue weighted by atomic mass is 16.5. The van der Waals surface area contributed by atoms with Gasteiger partial charge in [-0.2, -0.15) is 0 Å². The molecule has 0 N–H and O–H groups in total. The van der Waals surface area contributed by atoms with Crippen LogP contribution in [0.15, 0.2) is 0 Å². The second-order valence-electron chi connectivity index (χ2n) is 4.84. The van der Waals surface area contributed by atoms with Crippen LogP contribution in [0.2, 0.25) is 0 Å². The van der Waals surface area contributed by atoms with Crippen molar-refractivity contribution >= 4 is 5.78 Å². The van der Waals surface area contributed by atoms with E-state index in [-0.39, 0.29) is 0 Å². The van der Waals surface area contributed by atoms with Crippen molar-refractivity contribution in [2.45, 2.75) is 38.6 Å². The number of Topliss-reactive ketones (excluding diaryl/α,β-unsaturated/α-hetero) is 1. The van der Waals surface area contributed by atoms with Crippen molar-refractivity contribution in [3.8, 4) is 0 Å². The Morgan fingerprint density at radius 2 is 2.13 bits per heavy atom. The predicted octanol–water partition coefficient (Wildman–Crippen LogP) is 1.47. The maximum Gasteiger partial charge on any atom is 0.149 e. The molecule has 1 heterocycles. The molecule has 0 spiro atoms. The van der Waals surface area contributed by atoms with Gasteiger partial charge in [-0.05, 0) is 19.8 Å². The standard InChI is InChI=1S/C12H21NO2/c1-10-9-15-7-6-13(10)8-12(14)11-4-2-3-5-11/h10-11H,2-9H2,1H3. The number of rotatable bonds is 3. The molecule has 1 unspecified atom stereocenters. The summed E-state index contributed by atoms with van der Waals surface area (Å²) in [6.45, 7) is 5.26. The first kappa shape index (κ1) is 11.1. The molecular formula is C12H21NO2. The van der Waals surface area contributed by atoms with E-state index in [1.807, 2.05) is 0 Å². The summed E-state index contributed by atoms with van der Waals surface area (Å²) in [6.07, 6.45) is 4.74. The van der Waals surface area contributed by atoms with Crippen LogP contribution in [0.25, 0.3) is 0 Å². The van der Waals surface area contributed by atoms with Gasteiger partial charge in [0.25, 0.3) is 0 Å². The van der Waals surface area contributed by atoms with Crippen molar-refractivity contribution in [3.05, 3.63) is 0 Å². The van der Waals surface area contributed by atoms with Gasteiger partial charge in [0, 0.05) is 18.5 Å². The molecule has 3 heteroatoms. The first-order chi connectivity index (χ1) is 7.27. The molecular weight excluding hydrogens is 190 g/mol. The van der Waals surface area contributed by atoms with Crippen molar-refractivity contribution in [2.24, 2.45) is 5.92 Å². The zero-order valence-corrected chi connectivity index (χ0v) is 9.58. The van der Waals surface area contributed by atoms with Crippen LogP contribution in [-0.2, 0) is 9.53 Å². The summed E-state index contributed by atoms with van der Waals surface area (Å²) in [5.74, 6) is 0.821. The highest BCUT2D eigenvalue weighted by molar-refractivity contribution is 5.83. The van der Waals surface area contributed by atoms with E-state index in [9.17, 15) is 4.79 Å². The lowest BCUT2D eigenvalue weighted by molar-refractivity contribution is -0.126. The molecule has 1 saturated heterocycles. The van der Waals surface area contributed by atoms with Crippen LogP contribution >= 0.6 is 0 Å². The minimum atomic E-state index is 0.361. The first-order valence-corrected chi connectivity index (χ1v) is 6.12. The van der Waals surface area contributed by atoms with E-state index in [0.29, 0.717) is 24.3 Å². The Bertz CT molecular complexity index is 224. The number of carbonyl (C=O) groups is 1. The normalized spacial score (nSPS) is 29.5. The average molecular weight is 211 g/mol. The van der Waals surface area contributed by atoms with E-state index in [1.54, 1.807) is 0 Å². The molecule has 2 rings (SSSR count). The molecule has 1 saturated carbocycles. The van der Waals surface area contributed by atoms with E-state index in [4.69, 9.17) is 4.74 Å². The Labute approximate surface area is 91.8 Å². The van der Waals surface area contributed by atoms with E-state index < -0.39 is 0 Å². The summed E-state index contributed by atoms with van der Waals surface area (Å²) in [4.78, 5) is 14.2. The molecule has 0 aromatic carbocycles. The van der Waals surface area contributed by atoms with Crippen molar-refractivity contribution in [2.75, 3.05) is 26.3 Å². The monoisotopic (exact) mass is 211 g/mol. The molecule has 3 nitrogen and oxygen atoms in total. The number of hydrogen-bond donors (Lipinski definition) is 0. The SMILES string of the molecule is CC1COCCN1CC(=O)C1CCCC1. The number of ketones is 1. The van der Waals surface area contributed by atoms with E-state index in [0.717, 1.165) is 32.6 Å². The molecule has 15 heavy (non-hydrogen) atoms. The third-order valence-electron chi connectivity index (χ3n) is 3.67. The Kier molecular flexibility index (Phi) is 3.76. The minimum absolute atomic E-state index is 0.361.